The topological polar surface area (TPSA) is 29.0 Å². The molecule has 1 aromatic heterocycles. The van der Waals surface area contributed by atoms with Crippen LogP contribution in [0, 0.1) is 13.8 Å². The van der Waals surface area contributed by atoms with Gasteiger partial charge < -0.3 is 5.11 Å². The number of aromatic hydroxyl groups is 1. The first kappa shape index (κ1) is 30.1. The zero-order chi connectivity index (χ0) is 31.8. The summed E-state index contributed by atoms with van der Waals surface area (Å²) in [6, 6.07) is 36.0. The first-order valence-corrected chi connectivity index (χ1v) is 16.0. The number of aromatic nitrogens is 2. The van der Waals surface area contributed by atoms with Gasteiger partial charge in [0.2, 0.25) is 0 Å². The third-order valence-corrected chi connectivity index (χ3v) is 9.07. The Morgan fingerprint density at radius 1 is 0.622 bits per heavy atom. The second-order valence-electron chi connectivity index (χ2n) is 12.8. The number of hydrogen-bond acceptors (Lipinski definition) is 1. The molecule has 0 atom stereocenters. The van der Waals surface area contributed by atoms with E-state index < -0.39 is 0 Å². The Morgan fingerprint density at radius 2 is 1.20 bits per heavy atom. The summed E-state index contributed by atoms with van der Waals surface area (Å²) in [7, 11) is 2.13. The van der Waals surface area contributed by atoms with Crippen LogP contribution in [0.15, 0.2) is 116 Å². The van der Waals surface area contributed by atoms with E-state index in [-0.39, 0.29) is 5.75 Å². The Balaban J connectivity index is 1.46. The highest BCUT2D eigenvalue weighted by molar-refractivity contribution is 5.83. The average molecular weight is 592 g/mol. The fourth-order valence-corrected chi connectivity index (χ4v) is 6.68. The van der Waals surface area contributed by atoms with E-state index in [0.29, 0.717) is 11.8 Å². The standard InChI is InChI=1S/C42H42N2O/c1-27(2)35-17-12-18-36(28(3)4)41(35)44-24-23-43(7)42(44)40-29(5)19-21-37(30(40)6)38-22-20-34(26-39(38)45)33-16-11-15-32(25-33)31-13-9-8-10-14-31/h8-28H,1-7H3/p+1. The molecular weight excluding hydrogens is 548 g/mol. The number of aryl methyl sites for hydroxylation is 2. The maximum Gasteiger partial charge on any atom is 0.294 e. The van der Waals surface area contributed by atoms with Crippen LogP contribution in [0.3, 0.4) is 0 Å². The lowest BCUT2D eigenvalue weighted by atomic mass is 9.90. The smallest absolute Gasteiger partial charge is 0.294 e. The van der Waals surface area contributed by atoms with Crippen molar-refractivity contribution in [2.75, 3.05) is 0 Å². The van der Waals surface area contributed by atoms with Gasteiger partial charge in [0.05, 0.1) is 12.6 Å². The molecule has 5 aromatic carbocycles. The maximum atomic E-state index is 11.5. The van der Waals surface area contributed by atoms with Gasteiger partial charge in [-0.3, -0.25) is 0 Å². The highest BCUT2D eigenvalue weighted by Gasteiger charge is 2.28. The van der Waals surface area contributed by atoms with E-state index in [2.05, 4.69) is 161 Å². The van der Waals surface area contributed by atoms with E-state index in [0.717, 1.165) is 39.2 Å². The predicted molar refractivity (Wildman–Crippen MR) is 188 cm³/mol. The second kappa shape index (κ2) is 12.2. The van der Waals surface area contributed by atoms with Crippen LogP contribution in [-0.2, 0) is 7.05 Å². The molecule has 1 N–H and O–H groups in total. The summed E-state index contributed by atoms with van der Waals surface area (Å²) in [5.41, 5.74) is 13.8. The van der Waals surface area contributed by atoms with E-state index >= 15 is 0 Å². The van der Waals surface area contributed by atoms with Crippen molar-refractivity contribution in [3.8, 4) is 56.2 Å². The molecule has 0 spiro atoms. The number of imidazole rings is 1. The van der Waals surface area contributed by atoms with Crippen molar-refractivity contribution < 1.29 is 9.67 Å². The van der Waals surface area contributed by atoms with Crippen molar-refractivity contribution >= 4 is 0 Å². The Bertz CT molecular complexity index is 1970. The molecule has 6 aromatic rings. The van der Waals surface area contributed by atoms with Crippen LogP contribution in [0.2, 0.25) is 0 Å². The van der Waals surface area contributed by atoms with E-state index in [9.17, 15) is 5.11 Å². The molecule has 0 radical (unpaired) electrons. The van der Waals surface area contributed by atoms with Gasteiger partial charge in [-0.05, 0) is 76.8 Å². The van der Waals surface area contributed by atoms with Crippen LogP contribution in [-0.4, -0.2) is 9.67 Å². The molecule has 0 aliphatic heterocycles. The van der Waals surface area contributed by atoms with Gasteiger partial charge in [0.25, 0.3) is 5.82 Å². The van der Waals surface area contributed by atoms with E-state index in [1.807, 2.05) is 12.1 Å². The Hall–Kier alpha value is -4.89. The molecule has 45 heavy (non-hydrogen) atoms. The molecule has 0 amide bonds. The van der Waals surface area contributed by atoms with Crippen LogP contribution in [0.5, 0.6) is 5.75 Å². The third-order valence-electron chi connectivity index (χ3n) is 9.07. The molecule has 6 rings (SSSR count). The van der Waals surface area contributed by atoms with Crippen molar-refractivity contribution in [3.63, 3.8) is 0 Å². The minimum atomic E-state index is 0.280. The summed E-state index contributed by atoms with van der Waals surface area (Å²) in [5, 5.41) is 11.5. The molecular formula is C42H43N2O+. The summed E-state index contributed by atoms with van der Waals surface area (Å²) in [4.78, 5) is 0. The molecule has 0 saturated carbocycles. The van der Waals surface area contributed by atoms with Gasteiger partial charge >= 0.3 is 0 Å². The highest BCUT2D eigenvalue weighted by Crippen LogP contribution is 2.41. The Morgan fingerprint density at radius 3 is 1.84 bits per heavy atom. The fraction of sp³-hybridized carbons (Fsp3) is 0.214. The fourth-order valence-electron chi connectivity index (χ4n) is 6.68. The van der Waals surface area contributed by atoms with Crippen LogP contribution >= 0.6 is 0 Å². The minimum absolute atomic E-state index is 0.280. The summed E-state index contributed by atoms with van der Waals surface area (Å²) < 4.78 is 4.61. The van der Waals surface area contributed by atoms with Crippen LogP contribution in [0.4, 0.5) is 0 Å². The van der Waals surface area contributed by atoms with Crippen molar-refractivity contribution in [1.29, 1.82) is 0 Å². The number of nitrogens with zero attached hydrogens (tertiary/aromatic N) is 2. The molecule has 0 fully saturated rings. The predicted octanol–water partition coefficient (Wildman–Crippen LogP) is 10.5. The molecule has 0 saturated heterocycles. The molecule has 0 bridgehead atoms. The van der Waals surface area contributed by atoms with Gasteiger partial charge in [0, 0.05) is 16.7 Å². The maximum absolute atomic E-state index is 11.5. The molecule has 1 heterocycles. The van der Waals surface area contributed by atoms with Gasteiger partial charge in [-0.25, -0.2) is 4.57 Å². The Labute approximate surface area is 268 Å². The first-order chi connectivity index (χ1) is 21.7. The average Bonchev–Trinajstić information content (AvgIpc) is 3.41. The van der Waals surface area contributed by atoms with Gasteiger partial charge in [-0.15, -0.1) is 0 Å². The second-order valence-corrected chi connectivity index (χ2v) is 12.8. The van der Waals surface area contributed by atoms with Gasteiger partial charge in [-0.2, -0.15) is 4.57 Å². The quantitative estimate of drug-likeness (QED) is 0.184. The number of benzene rings is 5. The summed E-state index contributed by atoms with van der Waals surface area (Å²) in [6.07, 6.45) is 4.35. The van der Waals surface area contributed by atoms with E-state index in [4.69, 9.17) is 0 Å². The molecule has 3 nitrogen and oxygen atoms in total. The number of hydrogen-bond donors (Lipinski definition) is 1. The number of rotatable bonds is 7. The van der Waals surface area contributed by atoms with E-state index in [1.165, 1.54) is 33.5 Å². The van der Waals surface area contributed by atoms with Crippen molar-refractivity contribution in [3.05, 3.63) is 138 Å². The van der Waals surface area contributed by atoms with Gasteiger partial charge in [0.1, 0.15) is 23.8 Å². The number of phenols is 1. The SMILES string of the molecule is Cc1ccc(-c2ccc(-c3cccc(-c4ccccc4)c3)cc2O)c(C)c1-c1n(-c2c(C(C)C)cccc2C(C)C)cc[n+]1C. The zero-order valence-electron chi connectivity index (χ0n) is 27.5. The lowest BCUT2D eigenvalue weighted by molar-refractivity contribution is -0.659. The van der Waals surface area contributed by atoms with Crippen molar-refractivity contribution in [2.45, 2.75) is 53.4 Å². The van der Waals surface area contributed by atoms with Crippen molar-refractivity contribution in [2.24, 2.45) is 7.05 Å². The number of phenolic OH excluding ortho intramolecular Hbond substituents is 1. The Kier molecular flexibility index (Phi) is 8.20. The van der Waals surface area contributed by atoms with E-state index in [1.54, 1.807) is 0 Å². The molecule has 226 valence electrons. The monoisotopic (exact) mass is 591 g/mol. The highest BCUT2D eigenvalue weighted by atomic mass is 16.3. The lowest BCUT2D eigenvalue weighted by Crippen LogP contribution is -2.30. The number of para-hydroxylation sites is 1. The van der Waals surface area contributed by atoms with Gasteiger partial charge in [-0.1, -0.05) is 119 Å². The summed E-state index contributed by atoms with van der Waals surface area (Å²) in [6.45, 7) is 13.5. The van der Waals surface area contributed by atoms with Crippen molar-refractivity contribution in [1.82, 2.24) is 4.57 Å². The van der Waals surface area contributed by atoms with Crippen LogP contribution in [0.1, 0.15) is 61.8 Å². The largest absolute Gasteiger partial charge is 0.507 e. The van der Waals surface area contributed by atoms with Crippen LogP contribution in [0.25, 0.3) is 50.5 Å². The van der Waals surface area contributed by atoms with Gasteiger partial charge in [0.15, 0.2) is 0 Å². The third kappa shape index (κ3) is 5.60. The normalized spacial score (nSPS) is 11.5. The van der Waals surface area contributed by atoms with Crippen LogP contribution < -0.4 is 4.57 Å². The molecule has 0 unspecified atom stereocenters. The molecule has 3 heteroatoms. The summed E-state index contributed by atoms with van der Waals surface area (Å²) in [5.74, 6) is 2.19. The minimum Gasteiger partial charge on any atom is -0.507 e. The molecule has 0 aliphatic carbocycles. The zero-order valence-corrected chi connectivity index (χ0v) is 27.5. The molecule has 0 aliphatic rings. The first-order valence-electron chi connectivity index (χ1n) is 16.0. The summed E-state index contributed by atoms with van der Waals surface area (Å²) >= 11 is 0. The lowest BCUT2D eigenvalue weighted by Gasteiger charge is -2.19.